The van der Waals surface area contributed by atoms with Crippen molar-refractivity contribution in [3.8, 4) is 17.1 Å². The molecular formula is C18H16FN3O2S. The fourth-order valence-corrected chi connectivity index (χ4v) is 3.01. The highest BCUT2D eigenvalue weighted by Crippen LogP contribution is 2.30. The van der Waals surface area contributed by atoms with E-state index in [1.165, 1.54) is 0 Å². The molecule has 3 rings (SSSR count). The minimum absolute atomic E-state index is 0.125. The number of nitrogens with zero attached hydrogens (tertiary/aromatic N) is 3. The van der Waals surface area contributed by atoms with E-state index >= 15 is 0 Å². The highest BCUT2D eigenvalue weighted by molar-refractivity contribution is 8.00. The van der Waals surface area contributed by atoms with Crippen LogP contribution in [0, 0.1) is 0 Å². The van der Waals surface area contributed by atoms with Crippen LogP contribution in [-0.2, 0) is 9.53 Å². The van der Waals surface area contributed by atoms with Gasteiger partial charge in [-0.3, -0.25) is 4.57 Å². The van der Waals surface area contributed by atoms with Gasteiger partial charge in [-0.15, -0.1) is 10.2 Å². The summed E-state index contributed by atoms with van der Waals surface area (Å²) < 4.78 is 20.6. The van der Waals surface area contributed by atoms with Crippen molar-refractivity contribution < 1.29 is 13.9 Å². The molecular weight excluding hydrogens is 341 g/mol. The molecule has 1 aromatic heterocycles. The smallest absolute Gasteiger partial charge is 0.351 e. The van der Waals surface area contributed by atoms with Crippen molar-refractivity contribution >= 4 is 17.7 Å². The van der Waals surface area contributed by atoms with E-state index < -0.39 is 11.5 Å². The number of thioether (sulfide) groups is 1. The molecule has 1 unspecified atom stereocenters. The summed E-state index contributed by atoms with van der Waals surface area (Å²) in [5.74, 6) is -0.346. The van der Waals surface area contributed by atoms with E-state index in [4.69, 9.17) is 4.74 Å². The van der Waals surface area contributed by atoms with Crippen LogP contribution >= 0.6 is 11.8 Å². The summed E-state index contributed by atoms with van der Waals surface area (Å²) in [6, 6.07) is 18.9. The number of ether oxygens (including phenoxy) is 1. The lowest BCUT2D eigenvalue weighted by molar-refractivity contribution is -0.145. The molecule has 0 fully saturated rings. The molecule has 1 atom stereocenters. The summed E-state index contributed by atoms with van der Waals surface area (Å²) in [5.41, 5.74) is -0.239. The van der Waals surface area contributed by atoms with Crippen LogP contribution in [0.4, 0.5) is 4.39 Å². The first-order valence-electron chi connectivity index (χ1n) is 7.74. The number of carbonyl (C=O) groups excluding carboxylic acids is 1. The van der Waals surface area contributed by atoms with Crippen molar-refractivity contribution in [2.75, 3.05) is 6.61 Å². The molecule has 25 heavy (non-hydrogen) atoms. The molecule has 0 radical (unpaired) electrons. The van der Waals surface area contributed by atoms with E-state index in [-0.39, 0.29) is 11.8 Å². The number of aromatic nitrogens is 3. The predicted molar refractivity (Wildman–Crippen MR) is 94.2 cm³/mol. The van der Waals surface area contributed by atoms with Gasteiger partial charge in [0.2, 0.25) is 5.50 Å². The van der Waals surface area contributed by atoms with Gasteiger partial charge in [-0.1, -0.05) is 48.5 Å². The van der Waals surface area contributed by atoms with Crippen molar-refractivity contribution in [3.63, 3.8) is 0 Å². The van der Waals surface area contributed by atoms with Gasteiger partial charge in [-0.2, -0.15) is 0 Å². The topological polar surface area (TPSA) is 57.0 Å². The van der Waals surface area contributed by atoms with Crippen LogP contribution in [0.5, 0.6) is 0 Å². The van der Waals surface area contributed by atoms with Crippen LogP contribution in [0.1, 0.15) is 6.92 Å². The van der Waals surface area contributed by atoms with Crippen molar-refractivity contribution in [3.05, 3.63) is 60.7 Å². The van der Waals surface area contributed by atoms with Crippen LogP contribution < -0.4 is 0 Å². The highest BCUT2D eigenvalue weighted by Gasteiger charge is 2.25. The Balaban J connectivity index is 2.02. The van der Waals surface area contributed by atoms with Crippen molar-refractivity contribution in [1.29, 1.82) is 0 Å². The van der Waals surface area contributed by atoms with E-state index in [0.717, 1.165) is 11.3 Å². The Bertz CT molecular complexity index is 840. The summed E-state index contributed by atoms with van der Waals surface area (Å²) >= 11 is 0.677. The first-order chi connectivity index (χ1) is 12.2. The third-order valence-electron chi connectivity index (χ3n) is 3.36. The molecule has 0 aliphatic carbocycles. The number of halogens is 1. The number of hydrogen-bond donors (Lipinski definition) is 0. The van der Waals surface area contributed by atoms with Crippen molar-refractivity contribution in [1.82, 2.24) is 14.8 Å². The molecule has 3 aromatic rings. The van der Waals surface area contributed by atoms with Crippen LogP contribution in [0.25, 0.3) is 17.1 Å². The minimum atomic E-state index is -1.87. The molecule has 0 spiro atoms. The number of carbonyl (C=O) groups is 1. The Kier molecular flexibility index (Phi) is 5.45. The van der Waals surface area contributed by atoms with Crippen LogP contribution in [-0.4, -0.2) is 32.8 Å². The highest BCUT2D eigenvalue weighted by atomic mass is 32.2. The van der Waals surface area contributed by atoms with Gasteiger partial charge >= 0.3 is 5.97 Å². The molecule has 128 valence electrons. The summed E-state index contributed by atoms with van der Waals surface area (Å²) in [5, 5.41) is 8.56. The molecule has 0 aliphatic rings. The molecule has 0 saturated carbocycles. The Morgan fingerprint density at radius 1 is 1.12 bits per heavy atom. The minimum Gasteiger partial charge on any atom is -0.463 e. The standard InChI is InChI=1S/C18H16FN3O2S/c1-2-24-17(23)15(19)25-18-21-20-16(13-9-5-3-6-10-13)22(18)14-11-7-4-8-12-14/h3-12,15H,2H2,1H3. The van der Waals surface area contributed by atoms with Gasteiger partial charge in [0, 0.05) is 11.3 Å². The fraction of sp³-hybridized carbons (Fsp3) is 0.167. The largest absolute Gasteiger partial charge is 0.463 e. The van der Waals surface area contributed by atoms with Gasteiger partial charge in [-0.25, -0.2) is 9.18 Å². The Hall–Kier alpha value is -2.67. The number of esters is 1. The first kappa shape index (κ1) is 17.2. The van der Waals surface area contributed by atoms with Gasteiger partial charge in [0.15, 0.2) is 11.0 Å². The zero-order chi connectivity index (χ0) is 17.6. The molecule has 0 amide bonds. The maximum atomic E-state index is 14.2. The van der Waals surface area contributed by atoms with Gasteiger partial charge < -0.3 is 4.74 Å². The number of benzene rings is 2. The van der Waals surface area contributed by atoms with E-state index in [2.05, 4.69) is 10.2 Å². The lowest BCUT2D eigenvalue weighted by atomic mass is 10.2. The molecule has 0 aliphatic heterocycles. The second-order valence-corrected chi connectivity index (χ2v) is 6.04. The molecule has 1 heterocycles. The van der Waals surface area contributed by atoms with Gasteiger partial charge in [0.25, 0.3) is 0 Å². The number of rotatable bonds is 6. The van der Waals surface area contributed by atoms with E-state index in [1.807, 2.05) is 60.7 Å². The fourth-order valence-electron chi connectivity index (χ4n) is 2.28. The maximum absolute atomic E-state index is 14.2. The zero-order valence-corrected chi connectivity index (χ0v) is 14.3. The first-order valence-corrected chi connectivity index (χ1v) is 8.62. The predicted octanol–water partition coefficient (Wildman–Crippen LogP) is 3.89. The van der Waals surface area contributed by atoms with Crippen LogP contribution in [0.3, 0.4) is 0 Å². The van der Waals surface area contributed by atoms with E-state index in [0.29, 0.717) is 17.6 Å². The zero-order valence-electron chi connectivity index (χ0n) is 13.5. The molecule has 2 aromatic carbocycles. The monoisotopic (exact) mass is 357 g/mol. The summed E-state index contributed by atoms with van der Waals surface area (Å²) in [6.07, 6.45) is 0. The molecule has 0 N–H and O–H groups in total. The maximum Gasteiger partial charge on any atom is 0.351 e. The SMILES string of the molecule is CCOC(=O)C(F)Sc1nnc(-c2ccccc2)n1-c1ccccc1. The van der Waals surface area contributed by atoms with Gasteiger partial charge in [0.1, 0.15) is 0 Å². The quantitative estimate of drug-likeness (QED) is 0.495. The second-order valence-electron chi connectivity index (χ2n) is 5.03. The summed E-state index contributed by atoms with van der Waals surface area (Å²) in [4.78, 5) is 11.6. The lowest BCUT2D eigenvalue weighted by Crippen LogP contribution is -2.16. The van der Waals surface area contributed by atoms with Crippen LogP contribution in [0.15, 0.2) is 65.8 Å². The van der Waals surface area contributed by atoms with Gasteiger partial charge in [-0.05, 0) is 30.8 Å². The average molecular weight is 357 g/mol. The lowest BCUT2D eigenvalue weighted by Gasteiger charge is -2.11. The Morgan fingerprint density at radius 2 is 1.76 bits per heavy atom. The average Bonchev–Trinajstić information content (AvgIpc) is 3.07. The van der Waals surface area contributed by atoms with Crippen LogP contribution in [0.2, 0.25) is 0 Å². The number of hydrogen-bond acceptors (Lipinski definition) is 5. The van der Waals surface area contributed by atoms with Gasteiger partial charge in [0.05, 0.1) is 6.61 Å². The number of alkyl halides is 1. The molecule has 5 nitrogen and oxygen atoms in total. The van der Waals surface area contributed by atoms with E-state index in [9.17, 15) is 9.18 Å². The Labute approximate surface area is 148 Å². The molecule has 7 heteroatoms. The summed E-state index contributed by atoms with van der Waals surface area (Å²) in [7, 11) is 0. The summed E-state index contributed by atoms with van der Waals surface area (Å²) in [6.45, 7) is 1.76. The molecule has 0 saturated heterocycles. The second kappa shape index (κ2) is 7.94. The van der Waals surface area contributed by atoms with E-state index in [1.54, 1.807) is 11.5 Å². The third kappa shape index (κ3) is 3.88. The number of para-hydroxylation sites is 1. The van der Waals surface area contributed by atoms with Crippen molar-refractivity contribution in [2.45, 2.75) is 17.6 Å². The third-order valence-corrected chi connectivity index (χ3v) is 4.23. The normalized spacial score (nSPS) is 11.9. The van der Waals surface area contributed by atoms with Crippen molar-refractivity contribution in [2.24, 2.45) is 0 Å². The Morgan fingerprint density at radius 3 is 2.40 bits per heavy atom. The molecule has 0 bridgehead atoms.